The topological polar surface area (TPSA) is 108 Å². The van der Waals surface area contributed by atoms with E-state index in [1.165, 1.54) is 7.11 Å². The van der Waals surface area contributed by atoms with E-state index in [0.717, 1.165) is 22.3 Å². The first kappa shape index (κ1) is 24.7. The van der Waals surface area contributed by atoms with Gasteiger partial charge >= 0.3 is 12.1 Å². The molecule has 35 heavy (non-hydrogen) atoms. The highest BCUT2D eigenvalue weighted by atomic mass is 16.5. The number of alkyl carbamates (subject to hydrolysis) is 1. The van der Waals surface area contributed by atoms with Gasteiger partial charge in [0, 0.05) is 39.2 Å². The van der Waals surface area contributed by atoms with Crippen molar-refractivity contribution >= 4 is 18.0 Å². The lowest BCUT2D eigenvalue weighted by Gasteiger charge is -2.25. The number of carbonyl (C=O) groups excluding carboxylic acids is 2. The summed E-state index contributed by atoms with van der Waals surface area (Å²) in [4.78, 5) is 39.8. The molecule has 186 valence electrons. The first-order chi connectivity index (χ1) is 17.0. The van der Waals surface area contributed by atoms with Gasteiger partial charge in [0.05, 0.1) is 13.1 Å². The molecule has 2 amide bonds. The normalized spacial score (nSPS) is 16.7. The van der Waals surface area contributed by atoms with Gasteiger partial charge in [-0.25, -0.2) is 4.79 Å². The molecule has 1 aliphatic heterocycles. The second-order valence-corrected chi connectivity index (χ2v) is 8.78. The van der Waals surface area contributed by atoms with Crippen molar-refractivity contribution in [3.63, 3.8) is 0 Å². The molecule has 0 bridgehead atoms. The molecule has 0 saturated carbocycles. The quantitative estimate of drug-likeness (QED) is 0.595. The van der Waals surface area contributed by atoms with Crippen LogP contribution in [0.1, 0.15) is 23.5 Å². The Morgan fingerprint density at radius 2 is 1.66 bits per heavy atom. The fraction of sp³-hybridized carbons (Fsp3) is 0.423. The van der Waals surface area contributed by atoms with E-state index in [2.05, 4.69) is 29.6 Å². The number of hydrogen-bond acceptors (Lipinski definition) is 6. The minimum absolute atomic E-state index is 0.0126. The van der Waals surface area contributed by atoms with E-state index < -0.39 is 18.2 Å². The van der Waals surface area contributed by atoms with Gasteiger partial charge in [0.15, 0.2) is 6.10 Å². The lowest BCUT2D eigenvalue weighted by Crippen LogP contribution is -2.47. The van der Waals surface area contributed by atoms with E-state index in [1.54, 1.807) is 4.90 Å². The van der Waals surface area contributed by atoms with Crippen molar-refractivity contribution in [1.82, 2.24) is 15.1 Å². The predicted octanol–water partition coefficient (Wildman–Crippen LogP) is 2.16. The summed E-state index contributed by atoms with van der Waals surface area (Å²) in [6.07, 6.45) is -0.776. The molecular weight excluding hydrogens is 450 g/mol. The minimum Gasteiger partial charge on any atom is -0.480 e. The number of nitrogens with zero attached hydrogens (tertiary/aromatic N) is 2. The Bertz CT molecular complexity index is 1030. The number of nitrogens with one attached hydrogen (secondary N) is 1. The lowest BCUT2D eigenvalue weighted by molar-refractivity contribution is -0.141. The zero-order valence-electron chi connectivity index (χ0n) is 19.8. The van der Waals surface area contributed by atoms with Crippen LogP contribution in [-0.4, -0.2) is 92.0 Å². The van der Waals surface area contributed by atoms with E-state index in [0.29, 0.717) is 32.6 Å². The third-order valence-electron chi connectivity index (χ3n) is 6.59. The molecule has 2 aliphatic rings. The van der Waals surface area contributed by atoms with Gasteiger partial charge in [-0.05, 0) is 28.7 Å². The van der Waals surface area contributed by atoms with Crippen LogP contribution in [-0.2, 0) is 19.1 Å². The number of amides is 2. The number of ether oxygens (including phenoxy) is 2. The van der Waals surface area contributed by atoms with Gasteiger partial charge in [-0.15, -0.1) is 0 Å². The molecule has 0 aromatic heterocycles. The summed E-state index contributed by atoms with van der Waals surface area (Å²) in [5, 5.41) is 11.7. The SMILES string of the molecule is COC(CNC(=O)OCC1c2ccccc2-c2ccccc21)C(=O)N1CCCN(CC(=O)O)CC1. The first-order valence-corrected chi connectivity index (χ1v) is 11.8. The summed E-state index contributed by atoms with van der Waals surface area (Å²) in [5.74, 6) is -1.16. The Morgan fingerprint density at radius 3 is 2.29 bits per heavy atom. The number of hydrogen-bond donors (Lipinski definition) is 2. The zero-order valence-corrected chi connectivity index (χ0v) is 19.8. The maximum atomic E-state index is 12.9. The molecule has 1 atom stereocenters. The van der Waals surface area contributed by atoms with E-state index in [4.69, 9.17) is 14.6 Å². The van der Waals surface area contributed by atoms with Gasteiger partial charge in [0.2, 0.25) is 0 Å². The third kappa shape index (κ3) is 5.80. The van der Waals surface area contributed by atoms with Crippen LogP contribution in [0.4, 0.5) is 4.79 Å². The van der Waals surface area contributed by atoms with Crippen molar-refractivity contribution in [3.05, 3.63) is 59.7 Å². The average Bonchev–Trinajstić information content (AvgIpc) is 2.99. The van der Waals surface area contributed by atoms with Crippen LogP contribution in [0.3, 0.4) is 0 Å². The molecule has 1 saturated heterocycles. The second-order valence-electron chi connectivity index (χ2n) is 8.78. The van der Waals surface area contributed by atoms with E-state index in [-0.39, 0.29) is 31.5 Å². The van der Waals surface area contributed by atoms with Crippen molar-refractivity contribution in [3.8, 4) is 11.1 Å². The molecule has 1 heterocycles. The fourth-order valence-electron chi connectivity index (χ4n) is 4.84. The third-order valence-corrected chi connectivity index (χ3v) is 6.59. The maximum absolute atomic E-state index is 12.9. The van der Waals surface area contributed by atoms with Crippen molar-refractivity contribution in [2.24, 2.45) is 0 Å². The highest BCUT2D eigenvalue weighted by Gasteiger charge is 2.30. The van der Waals surface area contributed by atoms with Gasteiger partial charge in [0.25, 0.3) is 5.91 Å². The van der Waals surface area contributed by atoms with E-state index in [1.807, 2.05) is 29.2 Å². The summed E-state index contributed by atoms with van der Waals surface area (Å²) in [6, 6.07) is 16.2. The number of aliphatic carboxylic acids is 1. The monoisotopic (exact) mass is 481 g/mol. The van der Waals surface area contributed by atoms with Crippen LogP contribution in [0.5, 0.6) is 0 Å². The van der Waals surface area contributed by atoms with Gasteiger partial charge < -0.3 is 24.8 Å². The number of carboxylic acids is 1. The highest BCUT2D eigenvalue weighted by molar-refractivity contribution is 5.82. The van der Waals surface area contributed by atoms with Crippen LogP contribution >= 0.6 is 0 Å². The molecule has 2 aromatic carbocycles. The second kappa shape index (κ2) is 11.3. The zero-order chi connectivity index (χ0) is 24.8. The first-order valence-electron chi connectivity index (χ1n) is 11.8. The molecule has 1 aliphatic carbocycles. The standard InChI is InChI=1S/C26H31N3O6/c1-34-23(25(32)29-12-6-11-28(13-14-29)16-24(30)31)15-27-26(33)35-17-22-20-9-4-2-7-18(20)19-8-3-5-10-21(19)22/h2-5,7-10,22-23H,6,11-17H2,1H3,(H,27,33)(H,30,31). The molecule has 0 radical (unpaired) electrons. The van der Waals surface area contributed by atoms with Crippen LogP contribution in [0.2, 0.25) is 0 Å². The maximum Gasteiger partial charge on any atom is 0.407 e. The lowest BCUT2D eigenvalue weighted by atomic mass is 9.98. The number of carboxylic acid groups (broad SMARTS) is 1. The molecule has 2 aromatic rings. The Labute approximate surface area is 204 Å². The number of methoxy groups -OCH3 is 1. The summed E-state index contributed by atoms with van der Waals surface area (Å²) in [6.45, 7) is 2.16. The average molecular weight is 482 g/mol. The van der Waals surface area contributed by atoms with Gasteiger partial charge in [-0.1, -0.05) is 48.5 Å². The highest BCUT2D eigenvalue weighted by Crippen LogP contribution is 2.44. The minimum atomic E-state index is -0.883. The van der Waals surface area contributed by atoms with Crippen molar-refractivity contribution in [2.75, 3.05) is 53.0 Å². The Hall–Kier alpha value is -3.43. The Balaban J connectivity index is 1.29. The van der Waals surface area contributed by atoms with E-state index in [9.17, 15) is 14.4 Å². The van der Waals surface area contributed by atoms with Gasteiger partial charge in [-0.2, -0.15) is 0 Å². The fourth-order valence-corrected chi connectivity index (χ4v) is 4.84. The summed E-state index contributed by atoms with van der Waals surface area (Å²) in [7, 11) is 1.43. The summed E-state index contributed by atoms with van der Waals surface area (Å²) in [5.41, 5.74) is 4.57. The molecule has 2 N–H and O–H groups in total. The molecule has 4 rings (SSSR count). The molecule has 0 spiro atoms. The number of fused-ring (bicyclic) bond motifs is 3. The Morgan fingerprint density at radius 1 is 1.00 bits per heavy atom. The van der Waals surface area contributed by atoms with Crippen LogP contribution in [0.25, 0.3) is 11.1 Å². The molecule has 9 heteroatoms. The number of benzene rings is 2. The summed E-state index contributed by atoms with van der Waals surface area (Å²) < 4.78 is 10.9. The summed E-state index contributed by atoms with van der Waals surface area (Å²) >= 11 is 0. The van der Waals surface area contributed by atoms with Crippen LogP contribution < -0.4 is 5.32 Å². The van der Waals surface area contributed by atoms with Crippen molar-refractivity contribution in [2.45, 2.75) is 18.4 Å². The Kier molecular flexibility index (Phi) is 7.99. The molecular formula is C26H31N3O6. The molecule has 1 fully saturated rings. The smallest absolute Gasteiger partial charge is 0.407 e. The van der Waals surface area contributed by atoms with E-state index >= 15 is 0 Å². The van der Waals surface area contributed by atoms with Crippen molar-refractivity contribution < 1.29 is 29.0 Å². The largest absolute Gasteiger partial charge is 0.480 e. The predicted molar refractivity (Wildman–Crippen MR) is 129 cm³/mol. The number of rotatable bonds is 8. The molecule has 9 nitrogen and oxygen atoms in total. The molecule has 1 unspecified atom stereocenters. The van der Waals surface area contributed by atoms with Crippen molar-refractivity contribution in [1.29, 1.82) is 0 Å². The van der Waals surface area contributed by atoms with Gasteiger partial charge in [-0.3, -0.25) is 14.5 Å². The van der Waals surface area contributed by atoms with Crippen LogP contribution in [0, 0.1) is 0 Å². The number of carbonyl (C=O) groups is 3. The van der Waals surface area contributed by atoms with Gasteiger partial charge in [0.1, 0.15) is 6.61 Å². The van der Waals surface area contributed by atoms with Crippen LogP contribution in [0.15, 0.2) is 48.5 Å².